The van der Waals surface area contributed by atoms with Gasteiger partial charge in [-0.15, -0.1) is 0 Å². The summed E-state index contributed by atoms with van der Waals surface area (Å²) in [5.74, 6) is 2.44. The van der Waals surface area contributed by atoms with Crippen LogP contribution in [0.5, 0.6) is 11.5 Å². The molecule has 0 aromatic heterocycles. The predicted octanol–water partition coefficient (Wildman–Crippen LogP) is 2.59. The van der Waals surface area contributed by atoms with Crippen molar-refractivity contribution in [3.8, 4) is 11.5 Å². The number of ether oxygens (including phenoxy) is 3. The van der Waals surface area contributed by atoms with Gasteiger partial charge in [-0.25, -0.2) is 0 Å². The molecule has 0 unspecified atom stereocenters. The number of hydrogen-bond acceptors (Lipinski definition) is 4. The molecule has 0 fully saturated rings. The lowest BCUT2D eigenvalue weighted by Gasteiger charge is -2.13. The van der Waals surface area contributed by atoms with Crippen molar-refractivity contribution in [3.63, 3.8) is 0 Å². The zero-order valence-corrected chi connectivity index (χ0v) is 15.6. The van der Waals surface area contributed by atoms with Crippen LogP contribution in [0, 0.1) is 0 Å². The van der Waals surface area contributed by atoms with Gasteiger partial charge in [-0.05, 0) is 35.4 Å². The first-order valence-corrected chi connectivity index (χ1v) is 8.53. The maximum atomic E-state index is 5.56. The minimum Gasteiger partial charge on any atom is -0.497 e. The molecule has 0 bridgehead atoms. The molecule has 2 aromatic carbocycles. The first kappa shape index (κ1) is 19.6. The van der Waals surface area contributed by atoms with Gasteiger partial charge in [0.05, 0.1) is 13.7 Å². The Hall–Kier alpha value is -2.73. The van der Waals surface area contributed by atoms with E-state index in [1.807, 2.05) is 48.5 Å². The van der Waals surface area contributed by atoms with Crippen molar-refractivity contribution in [3.05, 3.63) is 59.7 Å². The third kappa shape index (κ3) is 6.64. The minimum absolute atomic E-state index is 0.552. The van der Waals surface area contributed by atoms with Crippen molar-refractivity contribution in [1.82, 2.24) is 10.6 Å². The number of benzene rings is 2. The van der Waals surface area contributed by atoms with E-state index in [0.29, 0.717) is 26.3 Å². The van der Waals surface area contributed by atoms with Gasteiger partial charge in [-0.1, -0.05) is 24.3 Å². The van der Waals surface area contributed by atoms with E-state index in [1.54, 1.807) is 21.3 Å². The lowest BCUT2D eigenvalue weighted by atomic mass is 10.2. The number of rotatable bonds is 9. The molecule has 0 aliphatic rings. The fourth-order valence-electron chi connectivity index (χ4n) is 2.28. The standard InChI is InChI=1S/C20H27N3O3/c1-21-20(22-14-16-4-8-18(25-3)9-5-16)23-15-17-6-10-19(11-7-17)26-13-12-24-2/h4-11H,12-15H2,1-3H3,(H2,21,22,23). The van der Waals surface area contributed by atoms with Crippen LogP contribution in [0.3, 0.4) is 0 Å². The summed E-state index contributed by atoms with van der Waals surface area (Å²) in [5, 5.41) is 6.60. The van der Waals surface area contributed by atoms with Crippen LogP contribution in [0.25, 0.3) is 0 Å². The van der Waals surface area contributed by atoms with Gasteiger partial charge in [0.25, 0.3) is 0 Å². The summed E-state index contributed by atoms with van der Waals surface area (Å²) in [6, 6.07) is 15.9. The van der Waals surface area contributed by atoms with E-state index in [2.05, 4.69) is 15.6 Å². The third-order valence-corrected chi connectivity index (χ3v) is 3.78. The quantitative estimate of drug-likeness (QED) is 0.410. The molecule has 140 valence electrons. The van der Waals surface area contributed by atoms with E-state index >= 15 is 0 Å². The highest BCUT2D eigenvalue weighted by Gasteiger charge is 2.01. The molecule has 0 saturated heterocycles. The van der Waals surface area contributed by atoms with Crippen molar-refractivity contribution in [2.45, 2.75) is 13.1 Å². The van der Waals surface area contributed by atoms with Crippen LogP contribution in [0.4, 0.5) is 0 Å². The van der Waals surface area contributed by atoms with Crippen LogP contribution in [0.15, 0.2) is 53.5 Å². The van der Waals surface area contributed by atoms with Crippen molar-refractivity contribution >= 4 is 5.96 Å². The molecular formula is C20H27N3O3. The smallest absolute Gasteiger partial charge is 0.191 e. The van der Waals surface area contributed by atoms with E-state index in [1.165, 1.54) is 0 Å². The second-order valence-corrected chi connectivity index (χ2v) is 5.61. The Kier molecular flexibility index (Phi) is 8.29. The molecule has 0 amide bonds. The van der Waals surface area contributed by atoms with Crippen LogP contribution >= 0.6 is 0 Å². The number of aliphatic imine (C=N–C) groups is 1. The molecule has 2 N–H and O–H groups in total. The summed E-state index contributed by atoms with van der Waals surface area (Å²) in [4.78, 5) is 4.25. The Bertz CT molecular complexity index is 670. The van der Waals surface area contributed by atoms with Gasteiger partial charge in [0.1, 0.15) is 18.1 Å². The zero-order chi connectivity index (χ0) is 18.6. The molecule has 2 rings (SSSR count). The first-order chi connectivity index (χ1) is 12.7. The average Bonchev–Trinajstić information content (AvgIpc) is 2.70. The minimum atomic E-state index is 0.552. The fraction of sp³-hybridized carbons (Fsp3) is 0.350. The maximum Gasteiger partial charge on any atom is 0.191 e. The van der Waals surface area contributed by atoms with Crippen LogP contribution < -0.4 is 20.1 Å². The van der Waals surface area contributed by atoms with E-state index in [0.717, 1.165) is 28.6 Å². The summed E-state index contributed by atoms with van der Waals surface area (Å²) >= 11 is 0. The normalized spacial score (nSPS) is 11.1. The Balaban J connectivity index is 1.77. The molecule has 26 heavy (non-hydrogen) atoms. The highest BCUT2D eigenvalue weighted by atomic mass is 16.5. The number of nitrogens with zero attached hydrogens (tertiary/aromatic N) is 1. The van der Waals surface area contributed by atoms with Gasteiger partial charge in [0, 0.05) is 27.2 Å². The molecule has 6 heteroatoms. The maximum absolute atomic E-state index is 5.56. The summed E-state index contributed by atoms with van der Waals surface area (Å²) in [7, 11) is 5.08. The molecule has 0 spiro atoms. The lowest BCUT2D eigenvalue weighted by molar-refractivity contribution is 0.146. The Morgan fingerprint density at radius 1 is 0.808 bits per heavy atom. The van der Waals surface area contributed by atoms with Crippen molar-refractivity contribution in [2.75, 3.05) is 34.5 Å². The summed E-state index contributed by atoms with van der Waals surface area (Å²) in [6.45, 7) is 2.51. The summed E-state index contributed by atoms with van der Waals surface area (Å²) < 4.78 is 15.7. The SMILES string of the molecule is CN=C(NCc1ccc(OC)cc1)NCc1ccc(OCCOC)cc1. The number of nitrogens with one attached hydrogen (secondary N) is 2. The van der Waals surface area contributed by atoms with E-state index in [4.69, 9.17) is 14.2 Å². The van der Waals surface area contributed by atoms with E-state index in [9.17, 15) is 0 Å². The van der Waals surface area contributed by atoms with Gasteiger partial charge < -0.3 is 24.8 Å². The summed E-state index contributed by atoms with van der Waals surface area (Å²) in [5.41, 5.74) is 2.31. The molecule has 6 nitrogen and oxygen atoms in total. The van der Waals surface area contributed by atoms with Crippen LogP contribution in [-0.2, 0) is 17.8 Å². The molecule has 0 radical (unpaired) electrons. The highest BCUT2D eigenvalue weighted by molar-refractivity contribution is 5.79. The van der Waals surface area contributed by atoms with Crippen LogP contribution in [0.2, 0.25) is 0 Å². The second-order valence-electron chi connectivity index (χ2n) is 5.61. The third-order valence-electron chi connectivity index (χ3n) is 3.78. The molecule has 0 saturated carbocycles. The molecule has 0 atom stereocenters. The van der Waals surface area contributed by atoms with Crippen LogP contribution in [-0.4, -0.2) is 40.4 Å². The largest absolute Gasteiger partial charge is 0.497 e. The predicted molar refractivity (Wildman–Crippen MR) is 104 cm³/mol. The van der Waals surface area contributed by atoms with Crippen LogP contribution in [0.1, 0.15) is 11.1 Å². The summed E-state index contributed by atoms with van der Waals surface area (Å²) in [6.07, 6.45) is 0. The van der Waals surface area contributed by atoms with Gasteiger partial charge in [0.2, 0.25) is 0 Å². The monoisotopic (exact) mass is 357 g/mol. The van der Waals surface area contributed by atoms with Crippen molar-refractivity contribution in [2.24, 2.45) is 4.99 Å². The van der Waals surface area contributed by atoms with Gasteiger partial charge in [-0.3, -0.25) is 4.99 Å². The molecule has 0 aliphatic carbocycles. The molecule has 2 aromatic rings. The zero-order valence-electron chi connectivity index (χ0n) is 15.6. The Morgan fingerprint density at radius 3 is 1.81 bits per heavy atom. The lowest BCUT2D eigenvalue weighted by Crippen LogP contribution is -2.36. The van der Waals surface area contributed by atoms with E-state index in [-0.39, 0.29) is 0 Å². The molecule has 0 aliphatic heterocycles. The van der Waals surface area contributed by atoms with Crippen molar-refractivity contribution in [1.29, 1.82) is 0 Å². The van der Waals surface area contributed by atoms with Gasteiger partial charge >= 0.3 is 0 Å². The van der Waals surface area contributed by atoms with Gasteiger partial charge in [-0.2, -0.15) is 0 Å². The van der Waals surface area contributed by atoms with Crippen molar-refractivity contribution < 1.29 is 14.2 Å². The fourth-order valence-corrected chi connectivity index (χ4v) is 2.28. The number of guanidine groups is 1. The number of hydrogen-bond donors (Lipinski definition) is 2. The topological polar surface area (TPSA) is 64.1 Å². The molecule has 0 heterocycles. The Labute approximate surface area is 155 Å². The van der Waals surface area contributed by atoms with E-state index < -0.39 is 0 Å². The first-order valence-electron chi connectivity index (χ1n) is 8.53. The average molecular weight is 357 g/mol. The Morgan fingerprint density at radius 2 is 1.35 bits per heavy atom. The molecular weight excluding hydrogens is 330 g/mol. The van der Waals surface area contributed by atoms with Gasteiger partial charge in [0.15, 0.2) is 5.96 Å². The second kappa shape index (κ2) is 11.0. The highest BCUT2D eigenvalue weighted by Crippen LogP contribution is 2.12. The number of methoxy groups -OCH3 is 2.